The first-order valence-electron chi connectivity index (χ1n) is 13.7. The zero-order valence-electron chi connectivity index (χ0n) is 25.0. The number of nitrogens with two attached hydrogens (primary N) is 1. The van der Waals surface area contributed by atoms with Gasteiger partial charge in [-0.2, -0.15) is 10.5 Å². The van der Waals surface area contributed by atoms with Crippen LogP contribution in [0.2, 0.25) is 0 Å². The molecule has 11 nitrogen and oxygen atoms in total. The summed E-state index contributed by atoms with van der Waals surface area (Å²) in [6, 6.07) is 16.8. The maximum Gasteiger partial charge on any atom is 0.230 e. The van der Waals surface area contributed by atoms with Crippen LogP contribution < -0.4 is 19.9 Å². The number of methoxy groups -OCH3 is 2. The number of benzene rings is 2. The number of aryl methyl sites for hydroxylation is 1. The van der Waals surface area contributed by atoms with Gasteiger partial charge in [0.2, 0.25) is 5.89 Å². The molecule has 2 N–H and O–H groups in total. The van der Waals surface area contributed by atoms with Gasteiger partial charge < -0.3 is 33.8 Å². The minimum Gasteiger partial charge on any atom is -0.497 e. The molecule has 0 unspecified atom stereocenters. The molecule has 0 saturated carbocycles. The summed E-state index contributed by atoms with van der Waals surface area (Å²) >= 11 is 1.28. The summed E-state index contributed by atoms with van der Waals surface area (Å²) in [6.45, 7) is 6.30. The molecule has 0 aliphatic carbocycles. The highest BCUT2D eigenvalue weighted by Gasteiger charge is 2.33. The Balaban J connectivity index is 1.39. The molecule has 44 heavy (non-hydrogen) atoms. The molecule has 5 rings (SSSR count). The molecule has 1 aliphatic rings. The van der Waals surface area contributed by atoms with E-state index in [2.05, 4.69) is 22.1 Å². The molecular formula is C32H31N5O6S. The summed E-state index contributed by atoms with van der Waals surface area (Å²) < 4.78 is 34.1. The second-order valence-corrected chi connectivity index (χ2v) is 11.3. The van der Waals surface area contributed by atoms with E-state index in [-0.39, 0.29) is 23.0 Å². The lowest BCUT2D eigenvalue weighted by molar-refractivity contribution is -0.141. The maximum absolute atomic E-state index is 10.2. The number of ether oxygens (including phenoxy) is 5. The summed E-state index contributed by atoms with van der Waals surface area (Å²) in [5, 5.41) is 20.5. The molecule has 226 valence electrons. The number of aromatic nitrogens is 2. The van der Waals surface area contributed by atoms with Gasteiger partial charge in [-0.3, -0.25) is 0 Å². The largest absolute Gasteiger partial charge is 0.497 e. The molecule has 1 aliphatic heterocycles. The van der Waals surface area contributed by atoms with Crippen molar-refractivity contribution in [3.8, 4) is 52.0 Å². The summed E-state index contributed by atoms with van der Waals surface area (Å²) in [5.74, 6) is 2.55. The Labute approximate surface area is 259 Å². The van der Waals surface area contributed by atoms with Crippen LogP contribution in [0.5, 0.6) is 17.2 Å². The summed E-state index contributed by atoms with van der Waals surface area (Å²) in [5.41, 5.74) is 8.95. The van der Waals surface area contributed by atoms with E-state index >= 15 is 0 Å². The average molecular weight is 614 g/mol. The van der Waals surface area contributed by atoms with Gasteiger partial charge in [0.1, 0.15) is 64.3 Å². The smallest absolute Gasteiger partial charge is 0.230 e. The zero-order chi connectivity index (χ0) is 31.4. The van der Waals surface area contributed by atoms with Crippen LogP contribution in [0.25, 0.3) is 22.6 Å². The summed E-state index contributed by atoms with van der Waals surface area (Å²) in [4.78, 5) is 9.10. The molecule has 4 aromatic rings. The molecule has 0 radical (unpaired) electrons. The molecule has 3 heterocycles. The Morgan fingerprint density at radius 3 is 2.39 bits per heavy atom. The van der Waals surface area contributed by atoms with Crippen molar-refractivity contribution in [2.75, 3.05) is 33.2 Å². The van der Waals surface area contributed by atoms with E-state index < -0.39 is 5.79 Å². The first kappa shape index (κ1) is 30.7. The third-order valence-corrected chi connectivity index (χ3v) is 7.92. The van der Waals surface area contributed by atoms with Crippen LogP contribution in [0.15, 0.2) is 51.9 Å². The van der Waals surface area contributed by atoms with E-state index in [1.54, 1.807) is 56.7 Å². The SMILES string of the molecule is COc1ccc(OC)c(-c2nc(CSc3nc(N)c(C#N)c(-c4ccc(OC[C@@H]5COC(C)(C)O5)cc4)c3C#N)c(C)o2)c1. The normalized spacial score (nSPS) is 15.4. The Morgan fingerprint density at radius 2 is 1.75 bits per heavy atom. The molecule has 1 saturated heterocycles. The van der Waals surface area contributed by atoms with Crippen LogP contribution in [-0.2, 0) is 15.2 Å². The van der Waals surface area contributed by atoms with Gasteiger partial charge in [0.05, 0.1) is 37.6 Å². The van der Waals surface area contributed by atoms with Crippen molar-refractivity contribution in [1.82, 2.24) is 9.97 Å². The van der Waals surface area contributed by atoms with Crippen LogP contribution in [0.4, 0.5) is 5.82 Å². The van der Waals surface area contributed by atoms with Crippen molar-refractivity contribution >= 4 is 17.6 Å². The monoisotopic (exact) mass is 613 g/mol. The molecule has 0 spiro atoms. The quantitative estimate of drug-likeness (QED) is 0.212. The van der Waals surface area contributed by atoms with E-state index in [1.807, 2.05) is 20.8 Å². The van der Waals surface area contributed by atoms with Crippen LogP contribution in [0.3, 0.4) is 0 Å². The lowest BCUT2D eigenvalue weighted by Crippen LogP contribution is -2.25. The first-order chi connectivity index (χ1) is 21.2. The van der Waals surface area contributed by atoms with Crippen molar-refractivity contribution in [2.45, 2.75) is 43.4 Å². The van der Waals surface area contributed by atoms with Gasteiger partial charge in [0.25, 0.3) is 0 Å². The highest BCUT2D eigenvalue weighted by atomic mass is 32.2. The van der Waals surface area contributed by atoms with Crippen molar-refractivity contribution in [3.63, 3.8) is 0 Å². The van der Waals surface area contributed by atoms with Crippen LogP contribution in [-0.4, -0.2) is 49.3 Å². The van der Waals surface area contributed by atoms with E-state index in [0.29, 0.717) is 75.3 Å². The van der Waals surface area contributed by atoms with Gasteiger partial charge in [-0.15, -0.1) is 0 Å². The highest BCUT2D eigenvalue weighted by Crippen LogP contribution is 2.39. The van der Waals surface area contributed by atoms with E-state index in [0.717, 1.165) is 0 Å². The van der Waals surface area contributed by atoms with Gasteiger partial charge in [-0.25, -0.2) is 9.97 Å². The molecule has 0 amide bonds. The van der Waals surface area contributed by atoms with Crippen molar-refractivity contribution < 1.29 is 28.1 Å². The van der Waals surface area contributed by atoms with E-state index in [1.165, 1.54) is 11.8 Å². The number of hydrogen-bond donors (Lipinski definition) is 1. The maximum atomic E-state index is 10.2. The van der Waals surface area contributed by atoms with Gasteiger partial charge in [0, 0.05) is 11.3 Å². The fourth-order valence-corrected chi connectivity index (χ4v) is 5.73. The number of nitrogens with zero attached hydrogens (tertiary/aromatic N) is 4. The Morgan fingerprint density at radius 1 is 1.02 bits per heavy atom. The number of anilines is 1. The van der Waals surface area contributed by atoms with Gasteiger partial charge in [0.15, 0.2) is 5.79 Å². The lowest BCUT2D eigenvalue weighted by atomic mass is 9.97. The third kappa shape index (κ3) is 6.43. The molecule has 2 aromatic carbocycles. The number of pyridine rings is 1. The van der Waals surface area contributed by atoms with E-state index in [4.69, 9.17) is 33.8 Å². The van der Waals surface area contributed by atoms with Crippen LogP contribution in [0.1, 0.15) is 36.4 Å². The second kappa shape index (κ2) is 12.9. The molecule has 2 aromatic heterocycles. The molecule has 0 bridgehead atoms. The fourth-order valence-electron chi connectivity index (χ4n) is 4.74. The molecule has 1 atom stereocenters. The summed E-state index contributed by atoms with van der Waals surface area (Å²) in [6.07, 6.45) is -0.179. The average Bonchev–Trinajstić information content (AvgIpc) is 3.58. The van der Waals surface area contributed by atoms with Crippen molar-refractivity contribution in [3.05, 3.63) is 65.0 Å². The van der Waals surface area contributed by atoms with Crippen LogP contribution in [0, 0.1) is 29.6 Å². The zero-order valence-corrected chi connectivity index (χ0v) is 25.8. The Hall–Kier alpha value is -4.75. The topological polar surface area (TPSA) is 159 Å². The van der Waals surface area contributed by atoms with Gasteiger partial charge >= 0.3 is 0 Å². The highest BCUT2D eigenvalue weighted by molar-refractivity contribution is 7.98. The number of nitriles is 2. The van der Waals surface area contributed by atoms with E-state index in [9.17, 15) is 10.5 Å². The predicted octanol–water partition coefficient (Wildman–Crippen LogP) is 5.88. The van der Waals surface area contributed by atoms with Crippen molar-refractivity contribution in [2.24, 2.45) is 0 Å². The third-order valence-electron chi connectivity index (χ3n) is 6.94. The number of nitrogen functional groups attached to an aromatic ring is 1. The van der Waals surface area contributed by atoms with Crippen LogP contribution >= 0.6 is 11.8 Å². The number of oxazole rings is 1. The first-order valence-corrected chi connectivity index (χ1v) is 14.6. The summed E-state index contributed by atoms with van der Waals surface area (Å²) in [7, 11) is 3.15. The number of hydrogen-bond acceptors (Lipinski definition) is 12. The second-order valence-electron chi connectivity index (χ2n) is 10.3. The molecule has 1 fully saturated rings. The van der Waals surface area contributed by atoms with Gasteiger partial charge in [-0.1, -0.05) is 23.9 Å². The predicted molar refractivity (Wildman–Crippen MR) is 163 cm³/mol. The Kier molecular flexibility index (Phi) is 8.97. The lowest BCUT2D eigenvalue weighted by Gasteiger charge is -2.17. The fraction of sp³-hybridized carbons (Fsp3) is 0.312. The minimum atomic E-state index is -0.630. The van der Waals surface area contributed by atoms with Gasteiger partial charge in [-0.05, 0) is 56.7 Å². The number of rotatable bonds is 10. The number of thioether (sulfide) groups is 1. The standard InChI is InChI=1S/C32H31N5O6S/c1-18-26(36-30(42-18)23-12-21(38-4)10-11-27(23)39-5)17-44-31-25(14-34)28(24(13-33)29(35)37-31)19-6-8-20(9-7-19)40-15-22-16-41-32(2,3)43-22/h6-12,22H,15-17H2,1-5H3,(H2,35,37)/t22-/m1/s1. The molecular weight excluding hydrogens is 582 g/mol. The van der Waals surface area contributed by atoms with Crippen molar-refractivity contribution in [1.29, 1.82) is 10.5 Å². The Bertz CT molecular complexity index is 1760. The minimum absolute atomic E-state index is 0.0315. The molecule has 12 heteroatoms.